The summed E-state index contributed by atoms with van der Waals surface area (Å²) in [5.41, 5.74) is 0.318. The number of ether oxygens (including phenoxy) is 2. The fourth-order valence-electron chi connectivity index (χ4n) is 1.52. The Morgan fingerprint density at radius 2 is 1.82 bits per heavy atom. The van der Waals surface area contributed by atoms with E-state index in [1.807, 2.05) is 0 Å². The van der Waals surface area contributed by atoms with Gasteiger partial charge in [0.2, 0.25) is 0 Å². The summed E-state index contributed by atoms with van der Waals surface area (Å²) in [7, 11) is 0. The molecule has 0 spiro atoms. The van der Waals surface area contributed by atoms with E-state index in [2.05, 4.69) is 20.9 Å². The van der Waals surface area contributed by atoms with Gasteiger partial charge in [-0.15, -0.1) is 0 Å². The highest BCUT2D eigenvalue weighted by Gasteiger charge is 2.44. The minimum Gasteiger partial charge on any atom is -0.422 e. The molecule has 2 rings (SSSR count). The van der Waals surface area contributed by atoms with Crippen molar-refractivity contribution in [1.82, 2.24) is 4.98 Å². The lowest BCUT2D eigenvalue weighted by Gasteiger charge is -2.32. The van der Waals surface area contributed by atoms with Gasteiger partial charge in [0.25, 0.3) is 5.79 Å². The van der Waals surface area contributed by atoms with Crippen molar-refractivity contribution in [3.05, 3.63) is 28.5 Å². The van der Waals surface area contributed by atoms with E-state index < -0.39 is 23.6 Å². The van der Waals surface area contributed by atoms with Gasteiger partial charge in [-0.1, -0.05) is 0 Å². The lowest BCUT2D eigenvalue weighted by Crippen LogP contribution is -2.45. The summed E-state index contributed by atoms with van der Waals surface area (Å²) in [4.78, 5) is 27.5. The summed E-state index contributed by atoms with van der Waals surface area (Å²) < 4.78 is 10.8. The largest absolute Gasteiger partial charge is 0.422 e. The Labute approximate surface area is 106 Å². The molecule has 0 saturated carbocycles. The summed E-state index contributed by atoms with van der Waals surface area (Å²) >= 11 is 3.22. The Balaban J connectivity index is 2.30. The topological polar surface area (TPSA) is 65.5 Å². The van der Waals surface area contributed by atoms with E-state index in [0.29, 0.717) is 5.69 Å². The van der Waals surface area contributed by atoms with Gasteiger partial charge in [0.05, 0.1) is 5.69 Å². The number of halogens is 1. The third-order valence-electron chi connectivity index (χ3n) is 2.21. The van der Waals surface area contributed by atoms with Crippen LogP contribution in [0.2, 0.25) is 0 Å². The van der Waals surface area contributed by atoms with Gasteiger partial charge >= 0.3 is 11.9 Å². The minimum absolute atomic E-state index is 0.318. The summed E-state index contributed by atoms with van der Waals surface area (Å²) in [5.74, 6) is -3.58. The van der Waals surface area contributed by atoms with Crippen LogP contribution < -0.4 is 0 Å². The van der Waals surface area contributed by atoms with E-state index >= 15 is 0 Å². The van der Waals surface area contributed by atoms with Gasteiger partial charge in [-0.05, 0) is 28.1 Å². The number of rotatable bonds is 1. The Morgan fingerprint density at radius 3 is 2.29 bits per heavy atom. The second-order valence-electron chi connectivity index (χ2n) is 4.08. The Kier molecular flexibility index (Phi) is 2.91. The number of pyridine rings is 1. The number of esters is 2. The van der Waals surface area contributed by atoms with Gasteiger partial charge in [0.1, 0.15) is 0 Å². The molecule has 0 amide bonds. The molecular weight excluding hydrogens is 290 g/mol. The van der Waals surface area contributed by atoms with Crippen molar-refractivity contribution < 1.29 is 19.1 Å². The third-order valence-corrected chi connectivity index (χ3v) is 2.68. The number of hydrogen-bond donors (Lipinski definition) is 0. The van der Waals surface area contributed by atoms with Crippen LogP contribution in [0.4, 0.5) is 0 Å². The zero-order valence-electron chi connectivity index (χ0n) is 9.27. The number of aromatic nitrogens is 1. The molecule has 6 heteroatoms. The van der Waals surface area contributed by atoms with Crippen molar-refractivity contribution in [2.24, 2.45) is 0 Å². The second-order valence-corrected chi connectivity index (χ2v) is 4.99. The highest BCUT2D eigenvalue weighted by Crippen LogP contribution is 2.29. The van der Waals surface area contributed by atoms with Crippen molar-refractivity contribution in [2.45, 2.75) is 25.6 Å². The number of carbonyl (C=O) groups excluding carboxylic acids is 2. The molecule has 0 aromatic carbocycles. The van der Waals surface area contributed by atoms with Crippen molar-refractivity contribution in [3.8, 4) is 0 Å². The number of hydrogen-bond acceptors (Lipinski definition) is 5. The first-order valence-electron chi connectivity index (χ1n) is 4.96. The molecule has 0 aliphatic carbocycles. The van der Waals surface area contributed by atoms with Gasteiger partial charge in [0.15, 0.2) is 5.92 Å². The van der Waals surface area contributed by atoms with Crippen LogP contribution in [-0.2, 0) is 19.1 Å². The molecule has 1 aliphatic heterocycles. The van der Waals surface area contributed by atoms with Gasteiger partial charge < -0.3 is 9.47 Å². The Hall–Kier alpha value is -1.43. The van der Waals surface area contributed by atoms with Crippen LogP contribution in [0.5, 0.6) is 0 Å². The maximum atomic E-state index is 11.7. The van der Waals surface area contributed by atoms with Gasteiger partial charge in [-0.3, -0.25) is 14.6 Å². The average molecular weight is 300 g/mol. The van der Waals surface area contributed by atoms with E-state index in [9.17, 15) is 9.59 Å². The molecule has 5 nitrogen and oxygen atoms in total. The molecule has 17 heavy (non-hydrogen) atoms. The molecule has 1 aliphatic rings. The minimum atomic E-state index is -1.21. The maximum Gasteiger partial charge on any atom is 0.329 e. The second kappa shape index (κ2) is 4.10. The van der Waals surface area contributed by atoms with Crippen LogP contribution >= 0.6 is 15.9 Å². The molecule has 0 radical (unpaired) electrons. The molecule has 0 bridgehead atoms. The smallest absolute Gasteiger partial charge is 0.329 e. The number of cyclic esters (lactones) is 2. The first-order chi connectivity index (χ1) is 7.89. The normalized spacial score (nSPS) is 19.7. The third kappa shape index (κ3) is 2.46. The molecule has 1 fully saturated rings. The molecule has 2 heterocycles. The highest BCUT2D eigenvalue weighted by molar-refractivity contribution is 9.10. The predicted octanol–water partition coefficient (Wildman–Crippen LogP) is 1.76. The predicted molar refractivity (Wildman–Crippen MR) is 60.9 cm³/mol. The van der Waals surface area contributed by atoms with E-state index in [1.165, 1.54) is 20.0 Å². The fraction of sp³-hybridized carbons (Fsp3) is 0.364. The Morgan fingerprint density at radius 1 is 1.24 bits per heavy atom. The zero-order valence-corrected chi connectivity index (χ0v) is 10.9. The molecule has 1 aromatic heterocycles. The van der Waals surface area contributed by atoms with Gasteiger partial charge in [0, 0.05) is 24.5 Å². The van der Waals surface area contributed by atoms with Crippen molar-refractivity contribution in [3.63, 3.8) is 0 Å². The summed E-state index contributed by atoms with van der Waals surface area (Å²) in [6.07, 6.45) is 1.51. The lowest BCUT2D eigenvalue weighted by atomic mass is 10.0. The first-order valence-corrected chi connectivity index (χ1v) is 5.75. The first kappa shape index (κ1) is 12.0. The molecule has 0 unspecified atom stereocenters. The fourth-order valence-corrected chi connectivity index (χ4v) is 1.75. The SMILES string of the molecule is CC1(C)OC(=O)C(c2ccc(Br)cn2)C(=O)O1. The number of nitrogens with zero attached hydrogens (tertiary/aromatic N) is 1. The molecule has 90 valence electrons. The molecule has 0 atom stereocenters. The maximum absolute atomic E-state index is 11.7. The van der Waals surface area contributed by atoms with E-state index in [-0.39, 0.29) is 0 Å². The van der Waals surface area contributed by atoms with Crippen LogP contribution in [-0.4, -0.2) is 22.7 Å². The van der Waals surface area contributed by atoms with E-state index in [1.54, 1.807) is 12.1 Å². The molecule has 1 saturated heterocycles. The lowest BCUT2D eigenvalue weighted by molar-refractivity contribution is -0.234. The van der Waals surface area contributed by atoms with Crippen LogP contribution in [0.15, 0.2) is 22.8 Å². The molecular formula is C11H10BrNO4. The standard InChI is InChI=1S/C11H10BrNO4/c1-11(2)16-9(14)8(10(15)17-11)7-4-3-6(12)5-13-7/h3-5,8H,1-2H3. The average Bonchev–Trinajstić information content (AvgIpc) is 2.18. The van der Waals surface area contributed by atoms with Crippen LogP contribution in [0.1, 0.15) is 25.5 Å². The zero-order chi connectivity index (χ0) is 12.6. The summed E-state index contributed by atoms with van der Waals surface area (Å²) in [6.45, 7) is 3.02. The van der Waals surface area contributed by atoms with Gasteiger partial charge in [-0.25, -0.2) is 0 Å². The molecule has 1 aromatic rings. The van der Waals surface area contributed by atoms with E-state index in [4.69, 9.17) is 9.47 Å². The highest BCUT2D eigenvalue weighted by atomic mass is 79.9. The summed E-state index contributed by atoms with van der Waals surface area (Å²) in [5, 5.41) is 0. The quantitative estimate of drug-likeness (QED) is 0.584. The van der Waals surface area contributed by atoms with E-state index in [0.717, 1.165) is 4.47 Å². The Bertz CT molecular complexity index is 449. The van der Waals surface area contributed by atoms with Crippen molar-refractivity contribution >= 4 is 27.9 Å². The van der Waals surface area contributed by atoms with Crippen LogP contribution in [0, 0.1) is 0 Å². The van der Waals surface area contributed by atoms with Crippen molar-refractivity contribution in [1.29, 1.82) is 0 Å². The van der Waals surface area contributed by atoms with Crippen LogP contribution in [0.25, 0.3) is 0 Å². The van der Waals surface area contributed by atoms with Crippen molar-refractivity contribution in [2.75, 3.05) is 0 Å². The van der Waals surface area contributed by atoms with Crippen LogP contribution in [0.3, 0.4) is 0 Å². The summed E-state index contributed by atoms with van der Waals surface area (Å²) in [6, 6.07) is 3.28. The monoisotopic (exact) mass is 299 g/mol. The molecule has 0 N–H and O–H groups in total. The number of carbonyl (C=O) groups is 2. The van der Waals surface area contributed by atoms with Gasteiger partial charge in [-0.2, -0.15) is 0 Å².